The van der Waals surface area contributed by atoms with Crippen molar-refractivity contribution < 1.29 is 9.53 Å². The third-order valence-corrected chi connectivity index (χ3v) is 5.77. The van der Waals surface area contributed by atoms with Crippen molar-refractivity contribution >= 4 is 5.91 Å². The molecule has 31 heavy (non-hydrogen) atoms. The normalized spacial score (nSPS) is 16.9. The van der Waals surface area contributed by atoms with Gasteiger partial charge in [0.1, 0.15) is 11.6 Å². The van der Waals surface area contributed by atoms with E-state index in [1.54, 1.807) is 36.4 Å². The van der Waals surface area contributed by atoms with Gasteiger partial charge in [0, 0.05) is 43.0 Å². The number of carbonyl (C=O) groups excluding carboxylic acids is 1. The molecule has 0 radical (unpaired) electrons. The van der Waals surface area contributed by atoms with Crippen molar-refractivity contribution in [2.75, 3.05) is 13.1 Å². The Hall–Kier alpha value is -3.48. The quantitative estimate of drug-likeness (QED) is 0.687. The van der Waals surface area contributed by atoms with Crippen molar-refractivity contribution in [1.29, 1.82) is 0 Å². The van der Waals surface area contributed by atoms with Crippen LogP contribution < -0.4 is 10.3 Å². The molecule has 1 aliphatic rings. The summed E-state index contributed by atoms with van der Waals surface area (Å²) in [5, 5.41) is 0. The maximum absolute atomic E-state index is 12.9. The van der Waals surface area contributed by atoms with E-state index in [1.165, 1.54) is 11.6 Å². The number of likely N-dealkylation sites (tertiary alicyclic amines) is 1. The molecule has 0 aliphatic carbocycles. The highest BCUT2D eigenvalue weighted by Crippen LogP contribution is 2.27. The molecule has 1 aromatic carbocycles. The number of nitrogens with one attached hydrogen (secondary N) is 1. The largest absolute Gasteiger partial charge is 0.481 e. The van der Waals surface area contributed by atoms with E-state index in [0.717, 1.165) is 17.5 Å². The number of benzene rings is 1. The lowest BCUT2D eigenvalue weighted by molar-refractivity contribution is -0.136. The van der Waals surface area contributed by atoms with Crippen LogP contribution in [0.25, 0.3) is 11.4 Å². The van der Waals surface area contributed by atoms with Gasteiger partial charge in [0.15, 0.2) is 6.10 Å². The molecule has 1 aliphatic heterocycles. The highest BCUT2D eigenvalue weighted by atomic mass is 16.5. The van der Waals surface area contributed by atoms with E-state index in [1.807, 2.05) is 32.0 Å². The molecule has 7 nitrogen and oxygen atoms in total. The van der Waals surface area contributed by atoms with Gasteiger partial charge in [-0.05, 0) is 62.6 Å². The Morgan fingerprint density at radius 1 is 1.16 bits per heavy atom. The van der Waals surface area contributed by atoms with E-state index in [2.05, 4.69) is 15.0 Å². The van der Waals surface area contributed by atoms with Gasteiger partial charge in [-0.1, -0.05) is 6.07 Å². The van der Waals surface area contributed by atoms with Crippen molar-refractivity contribution in [2.45, 2.75) is 39.2 Å². The third kappa shape index (κ3) is 4.66. The Morgan fingerprint density at radius 3 is 2.68 bits per heavy atom. The topological polar surface area (TPSA) is 88.2 Å². The number of H-pyrrole nitrogens is 1. The molecule has 0 saturated carbocycles. The Morgan fingerprint density at radius 2 is 1.94 bits per heavy atom. The van der Waals surface area contributed by atoms with Gasteiger partial charge in [0.2, 0.25) is 0 Å². The summed E-state index contributed by atoms with van der Waals surface area (Å²) in [6, 6.07) is 11.0. The molecule has 160 valence electrons. The molecule has 0 bridgehead atoms. The molecule has 3 aromatic rings. The van der Waals surface area contributed by atoms with E-state index >= 15 is 0 Å². The fourth-order valence-electron chi connectivity index (χ4n) is 3.83. The number of hydrogen-bond donors (Lipinski definition) is 1. The number of aromatic amines is 1. The van der Waals surface area contributed by atoms with Crippen LogP contribution in [0.15, 0.2) is 53.6 Å². The van der Waals surface area contributed by atoms with Crippen LogP contribution in [0.5, 0.6) is 5.75 Å². The van der Waals surface area contributed by atoms with Gasteiger partial charge in [0.25, 0.3) is 11.5 Å². The van der Waals surface area contributed by atoms with Crippen molar-refractivity contribution in [3.05, 3.63) is 76.0 Å². The molecular weight excluding hydrogens is 392 g/mol. The minimum atomic E-state index is -0.583. The molecule has 2 atom stereocenters. The fourth-order valence-corrected chi connectivity index (χ4v) is 3.83. The summed E-state index contributed by atoms with van der Waals surface area (Å²) in [7, 11) is 0. The zero-order chi connectivity index (χ0) is 22.0. The van der Waals surface area contributed by atoms with Crippen LogP contribution >= 0.6 is 0 Å². The number of nitrogens with zero attached hydrogens (tertiary/aromatic N) is 3. The molecule has 1 saturated heterocycles. The number of carbonyl (C=O) groups is 1. The monoisotopic (exact) mass is 418 g/mol. The summed E-state index contributed by atoms with van der Waals surface area (Å²) < 4.78 is 5.89. The van der Waals surface area contributed by atoms with Crippen LogP contribution in [-0.4, -0.2) is 45.0 Å². The summed E-state index contributed by atoms with van der Waals surface area (Å²) in [5.74, 6) is 1.17. The zero-order valence-electron chi connectivity index (χ0n) is 18.0. The summed E-state index contributed by atoms with van der Waals surface area (Å²) >= 11 is 0. The Kier molecular flexibility index (Phi) is 5.84. The van der Waals surface area contributed by atoms with Crippen LogP contribution in [0, 0.1) is 13.8 Å². The second-order valence-electron chi connectivity index (χ2n) is 8.03. The highest BCUT2D eigenvalue weighted by Gasteiger charge is 2.31. The van der Waals surface area contributed by atoms with Crippen molar-refractivity contribution in [1.82, 2.24) is 19.9 Å². The van der Waals surface area contributed by atoms with Crippen molar-refractivity contribution in [3.8, 4) is 17.1 Å². The number of amides is 1. The molecular formula is C24H26N4O3. The molecule has 3 heterocycles. The van der Waals surface area contributed by atoms with Gasteiger partial charge >= 0.3 is 0 Å². The predicted octanol–water partition coefficient (Wildman–Crippen LogP) is 3.23. The van der Waals surface area contributed by atoms with E-state index in [9.17, 15) is 9.59 Å². The van der Waals surface area contributed by atoms with Crippen LogP contribution in [0.2, 0.25) is 0 Å². The molecule has 1 N–H and O–H groups in total. The summed E-state index contributed by atoms with van der Waals surface area (Å²) in [6.07, 6.45) is 3.50. The smallest absolute Gasteiger partial charge is 0.263 e. The summed E-state index contributed by atoms with van der Waals surface area (Å²) in [4.78, 5) is 38.4. The third-order valence-electron chi connectivity index (χ3n) is 5.77. The predicted molar refractivity (Wildman–Crippen MR) is 118 cm³/mol. The molecule has 2 aromatic heterocycles. The molecule has 1 amide bonds. The second-order valence-corrected chi connectivity index (χ2v) is 8.03. The van der Waals surface area contributed by atoms with Gasteiger partial charge in [-0.25, -0.2) is 4.98 Å². The maximum Gasteiger partial charge on any atom is 0.263 e. The fraction of sp³-hybridized carbons (Fsp3) is 0.333. The lowest BCUT2D eigenvalue weighted by atomic mass is 10.0. The SMILES string of the molecule is Cc1ccc(O[C@H](C)C(=O)N2CC[C@H](c3cc(=O)[nH]c(-c4ccncc4)n3)C2)cc1C. The van der Waals surface area contributed by atoms with E-state index < -0.39 is 6.10 Å². The van der Waals surface area contributed by atoms with Crippen molar-refractivity contribution in [2.24, 2.45) is 0 Å². The molecule has 1 fully saturated rings. The minimum Gasteiger partial charge on any atom is -0.481 e. The first-order valence-corrected chi connectivity index (χ1v) is 10.4. The lowest BCUT2D eigenvalue weighted by Crippen LogP contribution is -2.39. The van der Waals surface area contributed by atoms with E-state index in [4.69, 9.17) is 4.74 Å². The van der Waals surface area contributed by atoms with Crippen LogP contribution in [-0.2, 0) is 4.79 Å². The second kappa shape index (κ2) is 8.71. The van der Waals surface area contributed by atoms with Crippen LogP contribution in [0.3, 0.4) is 0 Å². The molecule has 7 heteroatoms. The van der Waals surface area contributed by atoms with Crippen LogP contribution in [0.1, 0.15) is 36.1 Å². The van der Waals surface area contributed by atoms with Crippen LogP contribution in [0.4, 0.5) is 0 Å². The number of aryl methyl sites for hydroxylation is 2. The van der Waals surface area contributed by atoms with Gasteiger partial charge in [-0.15, -0.1) is 0 Å². The Balaban J connectivity index is 1.45. The van der Waals surface area contributed by atoms with Gasteiger partial charge in [-0.2, -0.15) is 0 Å². The highest BCUT2D eigenvalue weighted by molar-refractivity contribution is 5.81. The first-order chi connectivity index (χ1) is 14.9. The molecule has 4 rings (SSSR count). The average Bonchev–Trinajstić information content (AvgIpc) is 3.26. The summed E-state index contributed by atoms with van der Waals surface area (Å²) in [5.41, 5.74) is 3.62. The molecule has 0 unspecified atom stereocenters. The standard InChI is InChI=1S/C24H26N4O3/c1-15-4-5-20(12-16(15)2)31-17(3)24(30)28-11-8-19(14-28)21-13-22(29)27-23(26-21)18-6-9-25-10-7-18/h4-7,9-10,12-13,17,19H,8,11,14H2,1-3H3,(H,26,27,29)/t17-,19+/m1/s1. The average molecular weight is 418 g/mol. The number of pyridine rings is 1. The van der Waals surface area contributed by atoms with Gasteiger partial charge in [-0.3, -0.25) is 14.6 Å². The first-order valence-electron chi connectivity index (χ1n) is 10.4. The summed E-state index contributed by atoms with van der Waals surface area (Å²) in [6.45, 7) is 6.97. The van der Waals surface area contributed by atoms with Crippen molar-refractivity contribution in [3.63, 3.8) is 0 Å². The Bertz CT molecular complexity index is 1140. The number of aromatic nitrogens is 3. The van der Waals surface area contributed by atoms with Gasteiger partial charge < -0.3 is 14.6 Å². The maximum atomic E-state index is 12.9. The van der Waals surface area contributed by atoms with E-state index in [0.29, 0.717) is 30.4 Å². The minimum absolute atomic E-state index is 0.0145. The molecule has 0 spiro atoms. The van der Waals surface area contributed by atoms with E-state index in [-0.39, 0.29) is 17.4 Å². The lowest BCUT2D eigenvalue weighted by Gasteiger charge is -2.22. The zero-order valence-corrected chi connectivity index (χ0v) is 18.0. The van der Waals surface area contributed by atoms with Gasteiger partial charge in [0.05, 0.1) is 5.69 Å². The Labute approximate surface area is 181 Å². The first kappa shape index (κ1) is 20.8. The number of hydrogen-bond acceptors (Lipinski definition) is 5. The number of rotatable bonds is 5. The number of ether oxygens (including phenoxy) is 1.